The first-order valence-corrected chi connectivity index (χ1v) is 6.20. The monoisotopic (exact) mass is 211 g/mol. The van der Waals surface area contributed by atoms with Crippen molar-refractivity contribution in [2.75, 3.05) is 19.6 Å². The lowest BCUT2D eigenvalue weighted by atomic mass is 9.75. The van der Waals surface area contributed by atoms with Gasteiger partial charge in [-0.1, -0.05) is 19.3 Å². The highest BCUT2D eigenvalue weighted by Crippen LogP contribution is 2.35. The predicted molar refractivity (Wildman–Crippen MR) is 58.8 cm³/mol. The van der Waals surface area contributed by atoms with Crippen LogP contribution in [-0.2, 0) is 4.79 Å². The maximum absolute atomic E-state index is 10.5. The minimum atomic E-state index is -0.666. The molecule has 0 aromatic carbocycles. The van der Waals surface area contributed by atoms with Gasteiger partial charge in [0, 0.05) is 13.1 Å². The van der Waals surface area contributed by atoms with E-state index in [0.717, 1.165) is 31.5 Å². The molecule has 0 spiro atoms. The zero-order valence-corrected chi connectivity index (χ0v) is 9.32. The third-order valence-corrected chi connectivity index (χ3v) is 4.02. The molecule has 0 radical (unpaired) electrons. The van der Waals surface area contributed by atoms with Crippen LogP contribution in [0.15, 0.2) is 0 Å². The van der Waals surface area contributed by atoms with Crippen LogP contribution in [0.4, 0.5) is 0 Å². The van der Waals surface area contributed by atoms with E-state index in [-0.39, 0.29) is 0 Å². The third kappa shape index (κ3) is 2.94. The summed E-state index contributed by atoms with van der Waals surface area (Å²) in [5.74, 6) is 1.14. The first kappa shape index (κ1) is 10.9. The molecule has 86 valence electrons. The Kier molecular flexibility index (Phi) is 3.62. The maximum atomic E-state index is 10.5. The summed E-state index contributed by atoms with van der Waals surface area (Å²) in [6, 6.07) is 0. The summed E-state index contributed by atoms with van der Waals surface area (Å²) in [5.41, 5.74) is 0. The second-order valence-corrected chi connectivity index (χ2v) is 5.04. The van der Waals surface area contributed by atoms with Crippen LogP contribution in [-0.4, -0.2) is 35.6 Å². The van der Waals surface area contributed by atoms with E-state index in [1.807, 2.05) is 0 Å². The SMILES string of the molecule is O=C(O)CCN1CCC2CCCCC2C1. The Labute approximate surface area is 91.5 Å². The molecule has 0 amide bonds. The van der Waals surface area contributed by atoms with Crippen molar-refractivity contribution in [3.05, 3.63) is 0 Å². The van der Waals surface area contributed by atoms with E-state index in [1.54, 1.807) is 0 Å². The van der Waals surface area contributed by atoms with Gasteiger partial charge >= 0.3 is 5.97 Å². The van der Waals surface area contributed by atoms with Crippen LogP contribution in [0, 0.1) is 11.8 Å². The Bertz CT molecular complexity index is 230. The molecule has 2 rings (SSSR count). The molecule has 15 heavy (non-hydrogen) atoms. The highest BCUT2D eigenvalue weighted by atomic mass is 16.4. The Morgan fingerprint density at radius 3 is 2.67 bits per heavy atom. The Balaban J connectivity index is 1.78. The topological polar surface area (TPSA) is 40.5 Å². The smallest absolute Gasteiger partial charge is 0.304 e. The van der Waals surface area contributed by atoms with E-state index >= 15 is 0 Å². The number of likely N-dealkylation sites (tertiary alicyclic amines) is 1. The lowest BCUT2D eigenvalue weighted by molar-refractivity contribution is -0.137. The summed E-state index contributed by atoms with van der Waals surface area (Å²) >= 11 is 0. The van der Waals surface area contributed by atoms with E-state index in [1.165, 1.54) is 32.1 Å². The first-order chi connectivity index (χ1) is 7.25. The normalized spacial score (nSPS) is 32.3. The van der Waals surface area contributed by atoms with Crippen LogP contribution in [0.3, 0.4) is 0 Å². The van der Waals surface area contributed by atoms with Crippen LogP contribution in [0.1, 0.15) is 38.5 Å². The highest BCUT2D eigenvalue weighted by Gasteiger charge is 2.30. The van der Waals surface area contributed by atoms with Crippen molar-refractivity contribution in [3.63, 3.8) is 0 Å². The Hall–Kier alpha value is -0.570. The van der Waals surface area contributed by atoms with Crippen molar-refractivity contribution in [2.45, 2.75) is 38.5 Å². The fraction of sp³-hybridized carbons (Fsp3) is 0.917. The van der Waals surface area contributed by atoms with Gasteiger partial charge in [0.1, 0.15) is 0 Å². The molecule has 2 unspecified atom stereocenters. The number of hydrogen-bond donors (Lipinski definition) is 1. The summed E-state index contributed by atoms with van der Waals surface area (Å²) in [5, 5.41) is 8.65. The summed E-state index contributed by atoms with van der Waals surface area (Å²) in [6.45, 7) is 3.02. The van der Waals surface area contributed by atoms with Gasteiger partial charge in [-0.3, -0.25) is 4.79 Å². The molecule has 1 saturated carbocycles. The van der Waals surface area contributed by atoms with Crippen molar-refractivity contribution in [2.24, 2.45) is 11.8 Å². The fourth-order valence-corrected chi connectivity index (χ4v) is 3.13. The van der Waals surface area contributed by atoms with E-state index in [0.29, 0.717) is 6.42 Å². The second-order valence-electron chi connectivity index (χ2n) is 5.04. The molecule has 2 aliphatic rings. The molecule has 0 bridgehead atoms. The summed E-state index contributed by atoms with van der Waals surface area (Å²) < 4.78 is 0. The molecule has 3 nitrogen and oxygen atoms in total. The van der Waals surface area contributed by atoms with E-state index in [9.17, 15) is 4.79 Å². The van der Waals surface area contributed by atoms with Crippen LogP contribution in [0.5, 0.6) is 0 Å². The highest BCUT2D eigenvalue weighted by molar-refractivity contribution is 5.66. The average molecular weight is 211 g/mol. The standard InChI is InChI=1S/C12H21NO2/c14-12(15)6-8-13-7-5-10-3-1-2-4-11(10)9-13/h10-11H,1-9H2,(H,14,15). The third-order valence-electron chi connectivity index (χ3n) is 4.02. The predicted octanol–water partition coefficient (Wildman–Crippen LogP) is 1.97. The summed E-state index contributed by atoms with van der Waals surface area (Å²) in [4.78, 5) is 12.8. The number of piperidine rings is 1. The molecule has 2 fully saturated rings. The molecule has 0 aromatic rings. The van der Waals surface area contributed by atoms with Crippen molar-refractivity contribution in [1.29, 1.82) is 0 Å². The van der Waals surface area contributed by atoms with E-state index in [4.69, 9.17) is 5.11 Å². The Morgan fingerprint density at radius 1 is 1.20 bits per heavy atom. The number of nitrogens with zero attached hydrogens (tertiary/aromatic N) is 1. The van der Waals surface area contributed by atoms with Crippen molar-refractivity contribution in [3.8, 4) is 0 Å². The number of fused-ring (bicyclic) bond motifs is 1. The molecule has 2 atom stereocenters. The lowest BCUT2D eigenvalue weighted by Gasteiger charge is -2.41. The van der Waals surface area contributed by atoms with Gasteiger partial charge in [-0.2, -0.15) is 0 Å². The molecule has 3 heteroatoms. The quantitative estimate of drug-likeness (QED) is 0.776. The van der Waals surface area contributed by atoms with Gasteiger partial charge in [-0.15, -0.1) is 0 Å². The number of aliphatic carboxylic acids is 1. The molecule has 1 aliphatic carbocycles. The number of carboxylic acids is 1. The molecule has 0 aromatic heterocycles. The number of hydrogen-bond acceptors (Lipinski definition) is 2. The summed E-state index contributed by atoms with van der Waals surface area (Å²) in [7, 11) is 0. The summed E-state index contributed by atoms with van der Waals surface area (Å²) in [6.07, 6.45) is 7.18. The number of carboxylic acid groups (broad SMARTS) is 1. The fourth-order valence-electron chi connectivity index (χ4n) is 3.13. The van der Waals surface area contributed by atoms with Crippen LogP contribution < -0.4 is 0 Å². The van der Waals surface area contributed by atoms with Gasteiger partial charge in [-0.05, 0) is 31.2 Å². The van der Waals surface area contributed by atoms with Gasteiger partial charge in [0.25, 0.3) is 0 Å². The van der Waals surface area contributed by atoms with Crippen molar-refractivity contribution in [1.82, 2.24) is 4.90 Å². The minimum absolute atomic E-state index is 0.303. The molecule has 1 aliphatic heterocycles. The average Bonchev–Trinajstić information content (AvgIpc) is 2.26. The van der Waals surface area contributed by atoms with Crippen LogP contribution in [0.2, 0.25) is 0 Å². The maximum Gasteiger partial charge on any atom is 0.304 e. The van der Waals surface area contributed by atoms with Crippen LogP contribution >= 0.6 is 0 Å². The zero-order valence-electron chi connectivity index (χ0n) is 9.32. The van der Waals surface area contributed by atoms with Crippen LogP contribution in [0.25, 0.3) is 0 Å². The zero-order chi connectivity index (χ0) is 10.7. The van der Waals surface area contributed by atoms with E-state index < -0.39 is 5.97 Å². The van der Waals surface area contributed by atoms with Gasteiger partial charge < -0.3 is 10.0 Å². The molecule has 1 heterocycles. The van der Waals surface area contributed by atoms with Gasteiger partial charge in [-0.25, -0.2) is 0 Å². The first-order valence-electron chi connectivity index (χ1n) is 6.20. The lowest BCUT2D eigenvalue weighted by Crippen LogP contribution is -2.42. The van der Waals surface area contributed by atoms with Gasteiger partial charge in [0.2, 0.25) is 0 Å². The molecular formula is C12H21NO2. The molecule has 1 N–H and O–H groups in total. The number of carbonyl (C=O) groups is 1. The minimum Gasteiger partial charge on any atom is -0.481 e. The Morgan fingerprint density at radius 2 is 1.93 bits per heavy atom. The van der Waals surface area contributed by atoms with Gasteiger partial charge in [0.05, 0.1) is 6.42 Å². The molecular weight excluding hydrogens is 190 g/mol. The van der Waals surface area contributed by atoms with E-state index in [2.05, 4.69) is 4.90 Å². The van der Waals surface area contributed by atoms with Crippen molar-refractivity contribution >= 4 is 5.97 Å². The largest absolute Gasteiger partial charge is 0.481 e. The van der Waals surface area contributed by atoms with Crippen molar-refractivity contribution < 1.29 is 9.90 Å². The second kappa shape index (κ2) is 4.97. The molecule has 1 saturated heterocycles. The number of rotatable bonds is 3. The van der Waals surface area contributed by atoms with Gasteiger partial charge in [0.15, 0.2) is 0 Å².